The molecule has 1 fully saturated rings. The fourth-order valence-electron chi connectivity index (χ4n) is 8.11. The first-order valence-corrected chi connectivity index (χ1v) is 18.3. The molecule has 3 aliphatic rings. The van der Waals surface area contributed by atoms with E-state index in [1.54, 1.807) is 42.5 Å². The number of halogens is 1. The minimum atomic E-state index is -1.21. The van der Waals surface area contributed by atoms with Gasteiger partial charge in [0.2, 0.25) is 11.8 Å². The quantitative estimate of drug-likeness (QED) is 0.177. The van der Waals surface area contributed by atoms with E-state index in [2.05, 4.69) is 22.0 Å². The first-order valence-electron chi connectivity index (χ1n) is 18.3. The first kappa shape index (κ1) is 35.8. The van der Waals surface area contributed by atoms with Crippen LogP contribution in [-0.2, 0) is 35.5 Å². The van der Waals surface area contributed by atoms with Crippen molar-refractivity contribution in [2.75, 3.05) is 6.54 Å². The van der Waals surface area contributed by atoms with Gasteiger partial charge in [-0.25, -0.2) is 9.18 Å². The van der Waals surface area contributed by atoms with Crippen LogP contribution >= 0.6 is 0 Å². The number of carboxylic acid groups (broad SMARTS) is 1. The summed E-state index contributed by atoms with van der Waals surface area (Å²) in [5, 5.41) is 18.9. The third kappa shape index (κ3) is 7.80. The first-order chi connectivity index (χ1) is 25.7. The predicted molar refractivity (Wildman–Crippen MR) is 197 cm³/mol. The Kier molecular flexibility index (Phi) is 10.5. The van der Waals surface area contributed by atoms with Gasteiger partial charge in [0.15, 0.2) is 0 Å². The summed E-state index contributed by atoms with van der Waals surface area (Å²) in [5.41, 5.74) is 6.17. The number of likely N-dealkylation sites (tertiary alicyclic amines) is 1. The highest BCUT2D eigenvalue weighted by atomic mass is 19.1. The van der Waals surface area contributed by atoms with Crippen LogP contribution in [0.25, 0.3) is 0 Å². The van der Waals surface area contributed by atoms with Gasteiger partial charge in [-0.3, -0.25) is 24.2 Å². The number of hydrogen-bond donors (Lipinski definition) is 4. The fraction of sp³-hybridized carbons (Fsp3) is 0.333. The number of benzene rings is 4. The Hall–Kier alpha value is -5.55. The monoisotopic (exact) mass is 717 g/mol. The lowest BCUT2D eigenvalue weighted by Gasteiger charge is -2.40. The molecule has 0 spiro atoms. The zero-order chi connectivity index (χ0) is 37.1. The average Bonchev–Trinajstić information content (AvgIpc) is 3.61. The molecule has 0 saturated carbocycles. The second kappa shape index (κ2) is 15.6. The Bertz CT molecular complexity index is 2000. The Balaban J connectivity index is 0.957. The van der Waals surface area contributed by atoms with Crippen LogP contribution in [0.1, 0.15) is 82.0 Å². The van der Waals surface area contributed by atoms with E-state index in [0.29, 0.717) is 24.1 Å². The highest BCUT2D eigenvalue weighted by molar-refractivity contribution is 5.95. The number of carbonyl (C=O) groups excluding carboxylic acids is 3. The molecule has 2 heterocycles. The van der Waals surface area contributed by atoms with Crippen LogP contribution in [0.4, 0.5) is 9.18 Å². The molecule has 11 heteroatoms. The summed E-state index contributed by atoms with van der Waals surface area (Å²) in [4.78, 5) is 55.6. The van der Waals surface area contributed by atoms with Crippen molar-refractivity contribution in [1.29, 1.82) is 0 Å². The molecule has 53 heavy (non-hydrogen) atoms. The van der Waals surface area contributed by atoms with Crippen molar-refractivity contribution < 1.29 is 28.7 Å². The molecule has 4 aromatic rings. The highest BCUT2D eigenvalue weighted by Crippen LogP contribution is 2.33. The van der Waals surface area contributed by atoms with Gasteiger partial charge in [-0.05, 0) is 85.0 Å². The maximum atomic E-state index is 14.8. The van der Waals surface area contributed by atoms with Gasteiger partial charge in [0, 0.05) is 42.8 Å². The largest absolute Gasteiger partial charge is 0.465 e. The molecule has 2 aliphatic heterocycles. The number of nitrogens with one attached hydrogen (secondary N) is 3. The van der Waals surface area contributed by atoms with Crippen molar-refractivity contribution in [1.82, 2.24) is 25.8 Å². The third-order valence-electron chi connectivity index (χ3n) is 11.0. The molecule has 7 rings (SSSR count). The number of aryl methyl sites for hydroxylation is 1. The number of hydrogen-bond acceptors (Lipinski definition) is 5. The van der Waals surface area contributed by atoms with Gasteiger partial charge < -0.3 is 21.1 Å². The molecule has 0 bridgehead atoms. The molecule has 2 unspecified atom stereocenters. The maximum absolute atomic E-state index is 14.8. The van der Waals surface area contributed by atoms with Gasteiger partial charge in [0.25, 0.3) is 5.91 Å². The van der Waals surface area contributed by atoms with E-state index >= 15 is 0 Å². The molecule has 1 saturated heterocycles. The van der Waals surface area contributed by atoms with Gasteiger partial charge in [0.1, 0.15) is 11.9 Å². The van der Waals surface area contributed by atoms with Crippen LogP contribution in [-0.4, -0.2) is 63.4 Å². The number of fused-ring (bicyclic) bond motifs is 2. The van der Waals surface area contributed by atoms with Crippen molar-refractivity contribution >= 4 is 23.8 Å². The fourth-order valence-corrected chi connectivity index (χ4v) is 8.11. The summed E-state index contributed by atoms with van der Waals surface area (Å²) in [6.45, 7) is 2.67. The second-order valence-corrected chi connectivity index (χ2v) is 14.3. The lowest BCUT2D eigenvalue weighted by atomic mass is 9.87. The standard InChI is InChI=1S/C42H44FN5O5/c1-26(33-13-6-7-15-35(33)43)47-24-31-11-3-2-10-30(31)21-37(47)40(50)44-23-27-17-19-29(20-18-27)39(49)45-32-22-38(48(25-32)42(52)53)41(51)46-36-16-8-12-28-9-4-5-14-34(28)36/h2-7,9-11,13-15,17-20,26,32,36-38H,8,12,16,21-25H2,1H3,(H,44,50)(H,45,49)(H,46,51)(H,52,53)/t26-,32?,36-,37+,38?/m1/s1. The topological polar surface area (TPSA) is 131 Å². The van der Waals surface area contributed by atoms with E-state index in [1.165, 1.54) is 11.6 Å². The van der Waals surface area contributed by atoms with Crippen molar-refractivity contribution in [2.24, 2.45) is 0 Å². The van der Waals surface area contributed by atoms with Crippen LogP contribution in [0.15, 0.2) is 97.1 Å². The summed E-state index contributed by atoms with van der Waals surface area (Å²) in [7, 11) is 0. The van der Waals surface area contributed by atoms with E-state index in [0.717, 1.165) is 46.4 Å². The number of amides is 4. The Morgan fingerprint density at radius 1 is 0.830 bits per heavy atom. The zero-order valence-electron chi connectivity index (χ0n) is 29.6. The normalized spacial score (nSPS) is 21.5. The van der Waals surface area contributed by atoms with Crippen LogP contribution < -0.4 is 16.0 Å². The maximum Gasteiger partial charge on any atom is 0.408 e. The molecule has 0 aromatic heterocycles. The molecule has 4 aromatic carbocycles. The summed E-state index contributed by atoms with van der Waals surface area (Å²) in [6, 6.07) is 27.0. The van der Waals surface area contributed by atoms with Crippen LogP contribution in [0.5, 0.6) is 0 Å². The smallest absolute Gasteiger partial charge is 0.408 e. The SMILES string of the molecule is C[C@H](c1ccccc1F)N1Cc2ccccc2C[C@H]1C(=O)NCc1ccc(C(=O)NC2CC(C(=O)N[C@@H]3CCCc4ccccc43)N(C(=O)O)C2)cc1. The highest BCUT2D eigenvalue weighted by Gasteiger charge is 2.41. The third-order valence-corrected chi connectivity index (χ3v) is 11.0. The van der Waals surface area contributed by atoms with Gasteiger partial charge in [-0.15, -0.1) is 0 Å². The number of nitrogens with zero attached hydrogens (tertiary/aromatic N) is 2. The number of rotatable bonds is 9. The van der Waals surface area contributed by atoms with Gasteiger partial charge in [-0.1, -0.05) is 78.9 Å². The molecular formula is C42H44FN5O5. The van der Waals surface area contributed by atoms with Crippen LogP contribution in [0, 0.1) is 5.82 Å². The van der Waals surface area contributed by atoms with E-state index in [9.17, 15) is 28.7 Å². The predicted octanol–water partition coefficient (Wildman–Crippen LogP) is 5.67. The van der Waals surface area contributed by atoms with E-state index in [-0.39, 0.29) is 55.1 Å². The number of carbonyl (C=O) groups is 4. The van der Waals surface area contributed by atoms with Crippen molar-refractivity contribution in [3.8, 4) is 0 Å². The Labute approximate surface area is 308 Å². The summed E-state index contributed by atoms with van der Waals surface area (Å²) >= 11 is 0. The molecule has 4 N–H and O–H groups in total. The molecule has 10 nitrogen and oxygen atoms in total. The minimum absolute atomic E-state index is 0.00270. The van der Waals surface area contributed by atoms with Crippen molar-refractivity contribution in [3.63, 3.8) is 0 Å². The lowest BCUT2D eigenvalue weighted by molar-refractivity contribution is -0.128. The van der Waals surface area contributed by atoms with Crippen LogP contribution in [0.2, 0.25) is 0 Å². The lowest BCUT2D eigenvalue weighted by Crippen LogP contribution is -2.51. The van der Waals surface area contributed by atoms with Gasteiger partial charge in [-0.2, -0.15) is 0 Å². The molecule has 0 radical (unpaired) electrons. The van der Waals surface area contributed by atoms with Gasteiger partial charge >= 0.3 is 6.09 Å². The average molecular weight is 718 g/mol. The van der Waals surface area contributed by atoms with Gasteiger partial charge in [0.05, 0.1) is 12.1 Å². The summed E-state index contributed by atoms with van der Waals surface area (Å²) < 4.78 is 14.8. The molecule has 5 atom stereocenters. The minimum Gasteiger partial charge on any atom is -0.465 e. The Morgan fingerprint density at radius 2 is 1.53 bits per heavy atom. The zero-order valence-corrected chi connectivity index (χ0v) is 29.6. The van der Waals surface area contributed by atoms with Crippen molar-refractivity contribution in [2.45, 2.75) is 82.3 Å². The molecular weight excluding hydrogens is 673 g/mol. The van der Waals surface area contributed by atoms with E-state index in [1.807, 2.05) is 54.3 Å². The van der Waals surface area contributed by atoms with E-state index < -0.39 is 24.2 Å². The molecule has 274 valence electrons. The summed E-state index contributed by atoms with van der Waals surface area (Å²) in [6.07, 6.45) is 2.12. The molecule has 1 aliphatic carbocycles. The Morgan fingerprint density at radius 3 is 2.28 bits per heavy atom. The van der Waals surface area contributed by atoms with Crippen LogP contribution in [0.3, 0.4) is 0 Å². The van der Waals surface area contributed by atoms with Crippen molar-refractivity contribution in [3.05, 3.63) is 142 Å². The van der Waals surface area contributed by atoms with E-state index in [4.69, 9.17) is 0 Å². The second-order valence-electron chi connectivity index (χ2n) is 14.3. The molecule has 4 amide bonds. The summed E-state index contributed by atoms with van der Waals surface area (Å²) in [5.74, 6) is -1.21.